The molecule has 1 aliphatic heterocycles. The van der Waals surface area contributed by atoms with E-state index >= 15 is 0 Å². The highest BCUT2D eigenvalue weighted by molar-refractivity contribution is 5.80. The van der Waals surface area contributed by atoms with E-state index in [-0.39, 0.29) is 0 Å². The van der Waals surface area contributed by atoms with Gasteiger partial charge in [0.1, 0.15) is 5.76 Å². The third kappa shape index (κ3) is 2.99. The first-order valence-electron chi connectivity index (χ1n) is 8.51. The predicted molar refractivity (Wildman–Crippen MR) is 88.1 cm³/mol. The molecule has 0 unspecified atom stereocenters. The van der Waals surface area contributed by atoms with Crippen molar-refractivity contribution >= 4 is 5.96 Å². The van der Waals surface area contributed by atoms with E-state index in [0.29, 0.717) is 5.41 Å². The van der Waals surface area contributed by atoms with Gasteiger partial charge in [0.25, 0.3) is 0 Å². The molecule has 0 radical (unpaired) electrons. The Morgan fingerprint density at radius 3 is 2.73 bits per heavy atom. The maximum absolute atomic E-state index is 5.22. The van der Waals surface area contributed by atoms with E-state index in [1.807, 2.05) is 20.9 Å². The minimum absolute atomic E-state index is 0.583. The molecule has 1 saturated carbocycles. The Kier molecular flexibility index (Phi) is 4.41. The van der Waals surface area contributed by atoms with Crippen molar-refractivity contribution < 1.29 is 4.52 Å². The lowest BCUT2D eigenvalue weighted by Crippen LogP contribution is -2.41. The van der Waals surface area contributed by atoms with Crippen LogP contribution in [0.25, 0.3) is 0 Å². The number of nitrogens with one attached hydrogen (secondary N) is 1. The van der Waals surface area contributed by atoms with Gasteiger partial charge in [-0.05, 0) is 44.9 Å². The zero-order chi connectivity index (χ0) is 15.6. The number of nitrogens with zero attached hydrogens (tertiary/aromatic N) is 3. The molecule has 0 amide bonds. The molecule has 0 aromatic carbocycles. The van der Waals surface area contributed by atoms with Gasteiger partial charge in [-0.1, -0.05) is 18.0 Å². The van der Waals surface area contributed by atoms with Gasteiger partial charge in [-0.3, -0.25) is 4.99 Å². The van der Waals surface area contributed by atoms with Crippen LogP contribution in [-0.4, -0.2) is 42.7 Å². The molecule has 1 saturated heterocycles. The lowest BCUT2D eigenvalue weighted by atomic mass is 9.86. The molecule has 0 atom stereocenters. The molecule has 1 aromatic rings. The summed E-state index contributed by atoms with van der Waals surface area (Å²) in [6.45, 7) is 7.18. The van der Waals surface area contributed by atoms with E-state index in [1.54, 1.807) is 0 Å². The first-order chi connectivity index (χ1) is 10.6. The Morgan fingerprint density at radius 1 is 1.32 bits per heavy atom. The zero-order valence-corrected chi connectivity index (χ0v) is 14.1. The molecular weight excluding hydrogens is 276 g/mol. The van der Waals surface area contributed by atoms with Gasteiger partial charge in [0.05, 0.1) is 5.69 Å². The van der Waals surface area contributed by atoms with Crippen LogP contribution in [0.2, 0.25) is 0 Å². The first-order valence-corrected chi connectivity index (χ1v) is 8.51. The molecule has 2 fully saturated rings. The van der Waals surface area contributed by atoms with Crippen molar-refractivity contribution in [1.29, 1.82) is 0 Å². The second kappa shape index (κ2) is 6.31. The molecule has 1 spiro atoms. The van der Waals surface area contributed by atoms with Crippen molar-refractivity contribution in [1.82, 2.24) is 15.4 Å². The van der Waals surface area contributed by atoms with Crippen LogP contribution in [0.3, 0.4) is 0 Å². The Labute approximate surface area is 133 Å². The lowest BCUT2D eigenvalue weighted by Gasteiger charge is -2.25. The van der Waals surface area contributed by atoms with E-state index in [9.17, 15) is 0 Å². The fourth-order valence-corrected chi connectivity index (χ4v) is 4.14. The van der Waals surface area contributed by atoms with Crippen LogP contribution in [0.1, 0.15) is 49.1 Å². The van der Waals surface area contributed by atoms with Crippen molar-refractivity contribution in [2.45, 2.75) is 52.4 Å². The van der Waals surface area contributed by atoms with Gasteiger partial charge in [0.15, 0.2) is 5.96 Å². The van der Waals surface area contributed by atoms with Crippen LogP contribution in [0.4, 0.5) is 0 Å². The average Bonchev–Trinajstić information content (AvgIpc) is 3.22. The molecular formula is C17H28N4O. The van der Waals surface area contributed by atoms with Gasteiger partial charge >= 0.3 is 0 Å². The molecule has 1 N–H and O–H groups in total. The highest BCUT2D eigenvalue weighted by Gasteiger charge is 2.40. The van der Waals surface area contributed by atoms with E-state index in [1.165, 1.54) is 44.2 Å². The zero-order valence-electron chi connectivity index (χ0n) is 14.1. The summed E-state index contributed by atoms with van der Waals surface area (Å²) in [6, 6.07) is 0. The molecule has 122 valence electrons. The summed E-state index contributed by atoms with van der Waals surface area (Å²) in [5.41, 5.74) is 2.80. The topological polar surface area (TPSA) is 53.7 Å². The molecule has 3 rings (SSSR count). The third-order valence-corrected chi connectivity index (χ3v) is 5.45. The monoisotopic (exact) mass is 304 g/mol. The summed E-state index contributed by atoms with van der Waals surface area (Å²) < 4.78 is 5.22. The normalized spacial score (nSPS) is 21.0. The number of aryl methyl sites for hydroxylation is 2. The van der Waals surface area contributed by atoms with Crippen LogP contribution in [0.15, 0.2) is 9.52 Å². The minimum atomic E-state index is 0.583. The van der Waals surface area contributed by atoms with Crippen LogP contribution < -0.4 is 5.32 Å². The number of rotatable bonds is 3. The molecule has 2 aliphatic rings. The number of aliphatic imine (C=N–C) groups is 1. The molecule has 22 heavy (non-hydrogen) atoms. The Morgan fingerprint density at radius 2 is 2.09 bits per heavy atom. The van der Waals surface area contributed by atoms with Crippen molar-refractivity contribution in [3.8, 4) is 0 Å². The van der Waals surface area contributed by atoms with Gasteiger partial charge < -0.3 is 14.7 Å². The van der Waals surface area contributed by atoms with E-state index < -0.39 is 0 Å². The molecule has 2 heterocycles. The fourth-order valence-electron chi connectivity index (χ4n) is 4.14. The molecule has 5 nitrogen and oxygen atoms in total. The van der Waals surface area contributed by atoms with Crippen LogP contribution in [0, 0.1) is 19.3 Å². The Bertz CT molecular complexity index is 523. The smallest absolute Gasteiger partial charge is 0.193 e. The maximum Gasteiger partial charge on any atom is 0.193 e. The van der Waals surface area contributed by atoms with Crippen LogP contribution in [-0.2, 0) is 6.42 Å². The molecule has 0 bridgehead atoms. The molecule has 1 aromatic heterocycles. The summed E-state index contributed by atoms with van der Waals surface area (Å²) >= 11 is 0. The number of aromatic nitrogens is 1. The predicted octanol–water partition coefficient (Wildman–Crippen LogP) is 2.68. The van der Waals surface area contributed by atoms with Gasteiger partial charge in [-0.2, -0.15) is 0 Å². The van der Waals surface area contributed by atoms with Gasteiger partial charge in [0, 0.05) is 32.2 Å². The number of hydrogen-bond acceptors (Lipinski definition) is 3. The van der Waals surface area contributed by atoms with Gasteiger partial charge in [-0.25, -0.2) is 0 Å². The summed E-state index contributed by atoms with van der Waals surface area (Å²) in [5, 5.41) is 7.53. The average molecular weight is 304 g/mol. The van der Waals surface area contributed by atoms with Crippen molar-refractivity contribution in [2.24, 2.45) is 10.4 Å². The fraction of sp³-hybridized carbons (Fsp3) is 0.765. The van der Waals surface area contributed by atoms with Gasteiger partial charge in [0.2, 0.25) is 0 Å². The maximum atomic E-state index is 5.22. The largest absolute Gasteiger partial charge is 0.361 e. The van der Waals surface area contributed by atoms with E-state index in [2.05, 4.69) is 20.4 Å². The van der Waals surface area contributed by atoms with Crippen molar-refractivity contribution in [3.05, 3.63) is 17.0 Å². The number of hydrogen-bond donors (Lipinski definition) is 1. The molecule has 5 heteroatoms. The first kappa shape index (κ1) is 15.4. The number of likely N-dealkylation sites (tertiary alicyclic amines) is 1. The second-order valence-corrected chi connectivity index (χ2v) is 6.91. The molecule has 1 aliphatic carbocycles. The SMILES string of the molecule is CN=C(NCCc1c(C)noc1C)N1CCC2(CCCC2)C1. The quantitative estimate of drug-likeness (QED) is 0.689. The van der Waals surface area contributed by atoms with Crippen LogP contribution in [0.5, 0.6) is 0 Å². The summed E-state index contributed by atoms with van der Waals surface area (Å²) in [7, 11) is 1.89. The van der Waals surface area contributed by atoms with E-state index in [4.69, 9.17) is 4.52 Å². The van der Waals surface area contributed by atoms with E-state index in [0.717, 1.165) is 36.9 Å². The van der Waals surface area contributed by atoms with Crippen molar-refractivity contribution in [2.75, 3.05) is 26.7 Å². The summed E-state index contributed by atoms with van der Waals surface area (Å²) in [6.07, 6.45) is 7.88. The minimum Gasteiger partial charge on any atom is -0.361 e. The summed E-state index contributed by atoms with van der Waals surface area (Å²) in [5.74, 6) is 1.98. The highest BCUT2D eigenvalue weighted by Crippen LogP contribution is 2.45. The summed E-state index contributed by atoms with van der Waals surface area (Å²) in [4.78, 5) is 6.92. The van der Waals surface area contributed by atoms with Crippen LogP contribution >= 0.6 is 0 Å². The lowest BCUT2D eigenvalue weighted by molar-refractivity contribution is 0.309. The standard InChI is InChI=1S/C17H28N4O/c1-13-15(14(2)22-20-13)6-10-19-16(18-3)21-11-9-17(12-21)7-4-5-8-17/h4-12H2,1-3H3,(H,18,19). The third-order valence-electron chi connectivity index (χ3n) is 5.45. The number of guanidine groups is 1. The van der Waals surface area contributed by atoms with Gasteiger partial charge in [-0.15, -0.1) is 0 Å². The highest BCUT2D eigenvalue weighted by atomic mass is 16.5. The Balaban J connectivity index is 1.53. The van der Waals surface area contributed by atoms with Crippen molar-refractivity contribution in [3.63, 3.8) is 0 Å². The second-order valence-electron chi connectivity index (χ2n) is 6.91. The Hall–Kier alpha value is -1.52.